The van der Waals surface area contributed by atoms with Crippen LogP contribution in [0.25, 0.3) is 6.08 Å². The molecule has 5 nitrogen and oxygen atoms in total. The van der Waals surface area contributed by atoms with Crippen molar-refractivity contribution < 1.29 is 14.3 Å². The van der Waals surface area contributed by atoms with Crippen molar-refractivity contribution in [2.45, 2.75) is 32.2 Å². The first-order valence-electron chi connectivity index (χ1n) is 9.71. The molecular weight excluding hydrogens is 388 g/mol. The van der Waals surface area contributed by atoms with Gasteiger partial charge in [0.05, 0.1) is 7.11 Å². The van der Waals surface area contributed by atoms with Gasteiger partial charge in [-0.25, -0.2) is 0 Å². The van der Waals surface area contributed by atoms with E-state index in [4.69, 9.17) is 16.3 Å². The van der Waals surface area contributed by atoms with E-state index in [1.54, 1.807) is 37.5 Å². The average Bonchev–Trinajstić information content (AvgIpc) is 2.74. The predicted molar refractivity (Wildman–Crippen MR) is 115 cm³/mol. The first kappa shape index (κ1) is 20.9. The third kappa shape index (κ3) is 5.39. The number of hydrogen-bond donors (Lipinski definition) is 1. The lowest BCUT2D eigenvalue weighted by Crippen LogP contribution is -2.45. The Kier molecular flexibility index (Phi) is 6.94. The molecule has 0 aliphatic carbocycles. The molecule has 1 aliphatic rings. The van der Waals surface area contributed by atoms with Crippen LogP contribution in [0.4, 0.5) is 0 Å². The Labute approximate surface area is 176 Å². The lowest BCUT2D eigenvalue weighted by molar-refractivity contribution is -0.130. The predicted octanol–water partition coefficient (Wildman–Crippen LogP) is 4.52. The summed E-state index contributed by atoms with van der Waals surface area (Å²) < 4.78 is 5.19. The van der Waals surface area contributed by atoms with Crippen molar-refractivity contribution in [2.24, 2.45) is 0 Å². The van der Waals surface area contributed by atoms with E-state index < -0.39 is 0 Å². The first-order valence-corrected chi connectivity index (χ1v) is 10.1. The van der Waals surface area contributed by atoms with Gasteiger partial charge < -0.3 is 15.0 Å². The fourth-order valence-electron chi connectivity index (χ4n) is 3.37. The molecule has 0 aromatic heterocycles. The zero-order chi connectivity index (χ0) is 20.8. The number of carbonyl (C=O) groups excluding carboxylic acids is 2. The summed E-state index contributed by atoms with van der Waals surface area (Å²) in [5.74, 6) is 0.208. The Morgan fingerprint density at radius 1 is 1.10 bits per heavy atom. The molecule has 1 N–H and O–H groups in total. The number of methoxy groups -OCH3 is 1. The molecule has 6 heteroatoms. The highest BCUT2D eigenvalue weighted by Crippen LogP contribution is 2.20. The highest BCUT2D eigenvalue weighted by Gasteiger charge is 2.27. The summed E-state index contributed by atoms with van der Waals surface area (Å²) in [6.07, 6.45) is 4.75. The fourth-order valence-corrected chi connectivity index (χ4v) is 3.49. The molecule has 2 aromatic rings. The molecule has 1 heterocycles. The topological polar surface area (TPSA) is 58.6 Å². The number of carbonyl (C=O) groups is 2. The van der Waals surface area contributed by atoms with E-state index in [-0.39, 0.29) is 23.6 Å². The van der Waals surface area contributed by atoms with Crippen molar-refractivity contribution >= 4 is 29.5 Å². The highest BCUT2D eigenvalue weighted by atomic mass is 35.5. The zero-order valence-corrected chi connectivity index (χ0v) is 17.4. The van der Waals surface area contributed by atoms with Crippen molar-refractivity contribution in [1.29, 1.82) is 0 Å². The Hall–Kier alpha value is -2.79. The number of amides is 2. The SMILES string of the molecule is COc1ccc(/C=C(/NC(=O)c2ccc(Cl)cc2)C(=O)N2CCCC[C@@H]2C)cc1. The van der Waals surface area contributed by atoms with Gasteiger partial charge in [-0.3, -0.25) is 9.59 Å². The minimum atomic E-state index is -0.348. The largest absolute Gasteiger partial charge is 0.497 e. The second-order valence-corrected chi connectivity index (χ2v) is 7.57. The molecule has 1 atom stereocenters. The molecule has 0 bridgehead atoms. The quantitative estimate of drug-likeness (QED) is 0.734. The van der Waals surface area contributed by atoms with Crippen LogP contribution < -0.4 is 10.1 Å². The molecule has 0 radical (unpaired) electrons. The maximum absolute atomic E-state index is 13.3. The van der Waals surface area contributed by atoms with Crippen molar-refractivity contribution in [1.82, 2.24) is 10.2 Å². The van der Waals surface area contributed by atoms with Crippen molar-refractivity contribution in [3.8, 4) is 5.75 Å². The summed E-state index contributed by atoms with van der Waals surface area (Å²) >= 11 is 5.91. The van der Waals surface area contributed by atoms with Gasteiger partial charge in [0.25, 0.3) is 11.8 Å². The maximum atomic E-state index is 13.3. The number of ether oxygens (including phenoxy) is 1. The van der Waals surface area contributed by atoms with E-state index in [9.17, 15) is 9.59 Å². The summed E-state index contributed by atoms with van der Waals surface area (Å²) in [4.78, 5) is 27.8. The van der Waals surface area contributed by atoms with E-state index in [0.717, 1.165) is 30.6 Å². The lowest BCUT2D eigenvalue weighted by Gasteiger charge is -2.34. The van der Waals surface area contributed by atoms with E-state index in [0.29, 0.717) is 17.1 Å². The number of hydrogen-bond acceptors (Lipinski definition) is 3. The standard InChI is InChI=1S/C23H25ClN2O3/c1-16-5-3-4-14-26(16)23(28)21(15-17-6-12-20(29-2)13-7-17)25-22(27)18-8-10-19(24)11-9-18/h6-13,15-16H,3-5,14H2,1-2H3,(H,25,27)/b21-15+/t16-/m0/s1. The minimum absolute atomic E-state index is 0.142. The van der Waals surface area contributed by atoms with Gasteiger partial charge >= 0.3 is 0 Å². The number of nitrogens with zero attached hydrogens (tertiary/aromatic N) is 1. The van der Waals surface area contributed by atoms with Crippen LogP contribution in [0.3, 0.4) is 0 Å². The Bertz CT molecular complexity index is 891. The Morgan fingerprint density at radius 2 is 1.79 bits per heavy atom. The van der Waals surface area contributed by atoms with Crippen molar-refractivity contribution in [3.63, 3.8) is 0 Å². The molecule has 29 heavy (non-hydrogen) atoms. The Balaban J connectivity index is 1.89. The third-order valence-corrected chi connectivity index (χ3v) is 5.33. The summed E-state index contributed by atoms with van der Waals surface area (Å²) in [5.41, 5.74) is 1.49. The van der Waals surface area contributed by atoms with Gasteiger partial charge in [-0.1, -0.05) is 23.7 Å². The molecule has 0 unspecified atom stereocenters. The number of nitrogens with one attached hydrogen (secondary N) is 1. The Morgan fingerprint density at radius 3 is 2.41 bits per heavy atom. The van der Waals surface area contributed by atoms with Crippen LogP contribution in [0.15, 0.2) is 54.2 Å². The van der Waals surface area contributed by atoms with Crippen LogP contribution in [0, 0.1) is 0 Å². The van der Waals surface area contributed by atoms with Crippen LogP contribution in [-0.2, 0) is 4.79 Å². The monoisotopic (exact) mass is 412 g/mol. The summed E-state index contributed by atoms with van der Waals surface area (Å²) in [5, 5.41) is 3.35. The first-order chi connectivity index (χ1) is 14.0. The van der Waals surface area contributed by atoms with E-state index >= 15 is 0 Å². The second kappa shape index (κ2) is 9.61. The number of benzene rings is 2. The molecule has 0 spiro atoms. The van der Waals surface area contributed by atoms with Crippen LogP contribution >= 0.6 is 11.6 Å². The molecule has 0 saturated carbocycles. The lowest BCUT2D eigenvalue weighted by atomic mass is 10.0. The van der Waals surface area contributed by atoms with Crippen LogP contribution in [0.5, 0.6) is 5.75 Å². The fraction of sp³-hybridized carbons (Fsp3) is 0.304. The van der Waals surface area contributed by atoms with Crippen LogP contribution in [0.1, 0.15) is 42.1 Å². The molecular formula is C23H25ClN2O3. The molecule has 3 rings (SSSR count). The van der Waals surface area contributed by atoms with Crippen LogP contribution in [0.2, 0.25) is 5.02 Å². The normalized spacial score (nSPS) is 17.0. The van der Waals surface area contributed by atoms with Crippen molar-refractivity contribution in [2.75, 3.05) is 13.7 Å². The van der Waals surface area contributed by atoms with Gasteiger partial charge in [0, 0.05) is 23.2 Å². The molecule has 2 amide bonds. The molecule has 152 valence electrons. The summed E-state index contributed by atoms with van der Waals surface area (Å²) in [6.45, 7) is 2.74. The second-order valence-electron chi connectivity index (χ2n) is 7.14. The summed E-state index contributed by atoms with van der Waals surface area (Å²) in [7, 11) is 1.60. The number of likely N-dealkylation sites (tertiary alicyclic amines) is 1. The number of rotatable bonds is 5. The number of halogens is 1. The molecule has 1 fully saturated rings. The zero-order valence-electron chi connectivity index (χ0n) is 16.7. The third-order valence-electron chi connectivity index (χ3n) is 5.08. The van der Waals surface area contributed by atoms with Gasteiger partial charge in [-0.2, -0.15) is 0 Å². The van der Waals surface area contributed by atoms with Crippen LogP contribution in [-0.4, -0.2) is 36.4 Å². The van der Waals surface area contributed by atoms with E-state index in [1.165, 1.54) is 0 Å². The summed E-state index contributed by atoms with van der Waals surface area (Å²) in [6, 6.07) is 14.0. The smallest absolute Gasteiger partial charge is 0.270 e. The average molecular weight is 413 g/mol. The van der Waals surface area contributed by atoms with Gasteiger partial charge in [-0.05, 0) is 74.2 Å². The minimum Gasteiger partial charge on any atom is -0.497 e. The van der Waals surface area contributed by atoms with Gasteiger partial charge in [0.15, 0.2) is 0 Å². The van der Waals surface area contributed by atoms with Gasteiger partial charge in [0.2, 0.25) is 0 Å². The maximum Gasteiger partial charge on any atom is 0.270 e. The molecule has 2 aromatic carbocycles. The molecule has 1 saturated heterocycles. The van der Waals surface area contributed by atoms with E-state index in [2.05, 4.69) is 5.32 Å². The van der Waals surface area contributed by atoms with Gasteiger partial charge in [0.1, 0.15) is 11.4 Å². The van der Waals surface area contributed by atoms with Crippen molar-refractivity contribution in [3.05, 3.63) is 70.4 Å². The molecule has 1 aliphatic heterocycles. The van der Waals surface area contributed by atoms with E-state index in [1.807, 2.05) is 36.1 Å². The number of piperidine rings is 1. The highest BCUT2D eigenvalue weighted by molar-refractivity contribution is 6.30. The van der Waals surface area contributed by atoms with Gasteiger partial charge in [-0.15, -0.1) is 0 Å².